The topological polar surface area (TPSA) is 46.2 Å². The van der Waals surface area contributed by atoms with Gasteiger partial charge in [0.15, 0.2) is 5.11 Å². The SMILES string of the molecule is COc1cc(NC(=S)N2CCN(c3cccc(OC)c3)CC2)cc(OC)c1. The van der Waals surface area contributed by atoms with Gasteiger partial charge in [-0.25, -0.2) is 0 Å². The highest BCUT2D eigenvalue weighted by atomic mass is 32.1. The third kappa shape index (κ3) is 4.74. The van der Waals surface area contributed by atoms with Gasteiger partial charge >= 0.3 is 0 Å². The maximum absolute atomic E-state index is 5.60. The van der Waals surface area contributed by atoms with Gasteiger partial charge in [0.05, 0.1) is 21.3 Å². The molecule has 6 nitrogen and oxygen atoms in total. The Bertz CT molecular complexity index is 770. The van der Waals surface area contributed by atoms with E-state index in [1.165, 1.54) is 5.69 Å². The number of methoxy groups -OCH3 is 3. The van der Waals surface area contributed by atoms with E-state index in [-0.39, 0.29) is 0 Å². The van der Waals surface area contributed by atoms with Gasteiger partial charge in [-0.15, -0.1) is 0 Å². The first-order valence-corrected chi connectivity index (χ1v) is 9.22. The van der Waals surface area contributed by atoms with Crippen molar-refractivity contribution in [1.29, 1.82) is 0 Å². The largest absolute Gasteiger partial charge is 0.497 e. The molecule has 1 fully saturated rings. The Kier molecular flexibility index (Phi) is 6.24. The van der Waals surface area contributed by atoms with Crippen LogP contribution in [0.4, 0.5) is 11.4 Å². The Morgan fingerprint density at radius 1 is 0.852 bits per heavy atom. The number of nitrogens with zero attached hydrogens (tertiary/aromatic N) is 2. The summed E-state index contributed by atoms with van der Waals surface area (Å²) in [6.07, 6.45) is 0. The van der Waals surface area contributed by atoms with Crippen molar-refractivity contribution in [3.8, 4) is 17.2 Å². The molecule has 0 radical (unpaired) electrons. The summed E-state index contributed by atoms with van der Waals surface area (Å²) >= 11 is 5.60. The minimum Gasteiger partial charge on any atom is -0.497 e. The van der Waals surface area contributed by atoms with Crippen LogP contribution >= 0.6 is 12.2 Å². The number of nitrogens with one attached hydrogen (secondary N) is 1. The number of hydrogen-bond acceptors (Lipinski definition) is 5. The molecular formula is C20H25N3O3S. The summed E-state index contributed by atoms with van der Waals surface area (Å²) in [7, 11) is 4.96. The second-order valence-corrected chi connectivity index (χ2v) is 6.59. The molecule has 0 saturated carbocycles. The molecule has 27 heavy (non-hydrogen) atoms. The number of hydrogen-bond donors (Lipinski definition) is 1. The van der Waals surface area contributed by atoms with Crippen LogP contribution in [0.3, 0.4) is 0 Å². The number of piperazine rings is 1. The lowest BCUT2D eigenvalue weighted by Gasteiger charge is -2.37. The van der Waals surface area contributed by atoms with E-state index in [1.807, 2.05) is 30.3 Å². The van der Waals surface area contributed by atoms with Crippen LogP contribution in [0.15, 0.2) is 42.5 Å². The lowest BCUT2D eigenvalue weighted by molar-refractivity contribution is 0.389. The quantitative estimate of drug-likeness (QED) is 0.791. The first kappa shape index (κ1) is 19.1. The first-order valence-electron chi connectivity index (χ1n) is 8.81. The highest BCUT2D eigenvalue weighted by Crippen LogP contribution is 2.26. The highest BCUT2D eigenvalue weighted by molar-refractivity contribution is 7.80. The standard InChI is InChI=1S/C20H25N3O3S/c1-24-17-6-4-5-16(13-17)22-7-9-23(10-8-22)20(27)21-15-11-18(25-2)14-19(12-15)26-3/h4-6,11-14H,7-10H2,1-3H3,(H,21,27). The summed E-state index contributed by atoms with van der Waals surface area (Å²) in [5, 5.41) is 4.00. The van der Waals surface area contributed by atoms with Gasteiger partial charge < -0.3 is 29.3 Å². The van der Waals surface area contributed by atoms with Crippen molar-refractivity contribution >= 4 is 28.7 Å². The summed E-state index contributed by atoms with van der Waals surface area (Å²) in [6.45, 7) is 3.50. The molecule has 0 amide bonds. The van der Waals surface area contributed by atoms with Crippen LogP contribution in [0.2, 0.25) is 0 Å². The summed E-state index contributed by atoms with van der Waals surface area (Å²) in [4.78, 5) is 4.52. The summed E-state index contributed by atoms with van der Waals surface area (Å²) in [5.74, 6) is 2.32. The first-order chi connectivity index (χ1) is 13.1. The lowest BCUT2D eigenvalue weighted by Crippen LogP contribution is -2.50. The second kappa shape index (κ2) is 8.81. The Morgan fingerprint density at radius 2 is 1.48 bits per heavy atom. The van der Waals surface area contributed by atoms with Crippen LogP contribution in [0.1, 0.15) is 0 Å². The molecule has 7 heteroatoms. The van der Waals surface area contributed by atoms with Crippen LogP contribution < -0.4 is 24.4 Å². The fraction of sp³-hybridized carbons (Fsp3) is 0.350. The molecule has 1 saturated heterocycles. The van der Waals surface area contributed by atoms with Crippen molar-refractivity contribution in [1.82, 2.24) is 4.90 Å². The number of ether oxygens (including phenoxy) is 3. The molecule has 0 bridgehead atoms. The molecule has 0 atom stereocenters. The fourth-order valence-electron chi connectivity index (χ4n) is 3.06. The molecule has 0 aromatic heterocycles. The van der Waals surface area contributed by atoms with E-state index in [0.717, 1.165) is 49.1 Å². The van der Waals surface area contributed by atoms with Crippen molar-refractivity contribution in [2.24, 2.45) is 0 Å². The van der Waals surface area contributed by atoms with Gasteiger partial charge in [-0.05, 0) is 24.4 Å². The summed E-state index contributed by atoms with van der Waals surface area (Å²) < 4.78 is 15.9. The van der Waals surface area contributed by atoms with Crippen molar-refractivity contribution < 1.29 is 14.2 Å². The van der Waals surface area contributed by atoms with E-state index in [9.17, 15) is 0 Å². The maximum atomic E-state index is 5.60. The minimum atomic E-state index is 0.704. The van der Waals surface area contributed by atoms with Gasteiger partial charge in [0.1, 0.15) is 17.2 Å². The van der Waals surface area contributed by atoms with Gasteiger partial charge in [0.25, 0.3) is 0 Å². The van der Waals surface area contributed by atoms with E-state index < -0.39 is 0 Å². The summed E-state index contributed by atoms with van der Waals surface area (Å²) in [5.41, 5.74) is 2.02. The Balaban J connectivity index is 1.60. The smallest absolute Gasteiger partial charge is 0.173 e. The summed E-state index contributed by atoms with van der Waals surface area (Å²) in [6, 6.07) is 13.8. The normalized spacial score (nSPS) is 13.9. The van der Waals surface area contributed by atoms with Crippen LogP contribution in [0, 0.1) is 0 Å². The zero-order valence-electron chi connectivity index (χ0n) is 15.9. The van der Waals surface area contributed by atoms with E-state index in [2.05, 4.69) is 27.2 Å². The van der Waals surface area contributed by atoms with Crippen molar-refractivity contribution in [3.05, 3.63) is 42.5 Å². The second-order valence-electron chi connectivity index (χ2n) is 6.21. The molecule has 144 valence electrons. The van der Waals surface area contributed by atoms with Gasteiger partial charge in [0.2, 0.25) is 0 Å². The molecule has 2 aromatic carbocycles. The van der Waals surface area contributed by atoms with Gasteiger partial charge in [-0.1, -0.05) is 6.07 Å². The van der Waals surface area contributed by atoms with Gasteiger partial charge in [0, 0.05) is 61.8 Å². The van der Waals surface area contributed by atoms with Gasteiger partial charge in [-0.3, -0.25) is 0 Å². The van der Waals surface area contributed by atoms with E-state index in [1.54, 1.807) is 21.3 Å². The van der Waals surface area contributed by atoms with E-state index >= 15 is 0 Å². The third-order valence-corrected chi connectivity index (χ3v) is 4.95. The molecule has 1 N–H and O–H groups in total. The monoisotopic (exact) mass is 387 g/mol. The van der Waals surface area contributed by atoms with Crippen LogP contribution in [-0.2, 0) is 0 Å². The van der Waals surface area contributed by atoms with Crippen molar-refractivity contribution in [2.45, 2.75) is 0 Å². The Morgan fingerprint density at radius 3 is 2.07 bits per heavy atom. The lowest BCUT2D eigenvalue weighted by atomic mass is 10.2. The van der Waals surface area contributed by atoms with Gasteiger partial charge in [-0.2, -0.15) is 0 Å². The Labute approximate surface area is 165 Å². The molecular weight excluding hydrogens is 362 g/mol. The number of anilines is 2. The van der Waals surface area contributed by atoms with Crippen LogP contribution in [0.25, 0.3) is 0 Å². The molecule has 1 aliphatic heterocycles. The molecule has 1 aliphatic rings. The molecule has 1 heterocycles. The predicted octanol–water partition coefficient (Wildman–Crippen LogP) is 3.23. The molecule has 0 unspecified atom stereocenters. The van der Waals surface area contributed by atoms with Crippen LogP contribution in [0.5, 0.6) is 17.2 Å². The Hall–Kier alpha value is -2.67. The average molecular weight is 388 g/mol. The maximum Gasteiger partial charge on any atom is 0.173 e. The predicted molar refractivity (Wildman–Crippen MR) is 113 cm³/mol. The number of benzene rings is 2. The molecule has 3 rings (SSSR count). The molecule has 2 aromatic rings. The van der Waals surface area contributed by atoms with E-state index in [0.29, 0.717) is 5.11 Å². The number of rotatable bonds is 5. The van der Waals surface area contributed by atoms with Crippen molar-refractivity contribution in [2.75, 3.05) is 57.7 Å². The average Bonchev–Trinajstić information content (AvgIpc) is 2.73. The zero-order valence-corrected chi connectivity index (χ0v) is 16.7. The minimum absolute atomic E-state index is 0.704. The fourth-order valence-corrected chi connectivity index (χ4v) is 3.36. The third-order valence-electron chi connectivity index (χ3n) is 4.59. The van der Waals surface area contributed by atoms with E-state index in [4.69, 9.17) is 26.4 Å². The highest BCUT2D eigenvalue weighted by Gasteiger charge is 2.20. The molecule has 0 aliphatic carbocycles. The zero-order chi connectivity index (χ0) is 19.2. The number of thiocarbonyl (C=S) groups is 1. The van der Waals surface area contributed by atoms with Crippen LogP contribution in [-0.4, -0.2) is 57.5 Å². The van der Waals surface area contributed by atoms with Crippen molar-refractivity contribution in [3.63, 3.8) is 0 Å². The molecule has 0 spiro atoms.